The van der Waals surface area contributed by atoms with Crippen molar-refractivity contribution in [2.75, 3.05) is 6.61 Å². The molecule has 30 heavy (non-hydrogen) atoms. The number of amides is 1. The third-order valence-electron chi connectivity index (χ3n) is 3.98. The van der Waals surface area contributed by atoms with Crippen LogP contribution in [0.5, 0.6) is 11.5 Å². The molecule has 0 bridgehead atoms. The van der Waals surface area contributed by atoms with E-state index in [-0.39, 0.29) is 18.3 Å². The first kappa shape index (κ1) is 21.7. The fourth-order valence-corrected chi connectivity index (χ4v) is 3.35. The molecule has 0 fully saturated rings. The van der Waals surface area contributed by atoms with Gasteiger partial charge >= 0.3 is 0 Å². The van der Waals surface area contributed by atoms with Gasteiger partial charge in [-0.15, -0.1) is 0 Å². The Balaban J connectivity index is 1.73. The number of halogens is 2. The summed E-state index contributed by atoms with van der Waals surface area (Å²) in [5.41, 5.74) is 4.11. The Morgan fingerprint density at radius 3 is 2.70 bits per heavy atom. The van der Waals surface area contributed by atoms with Crippen LogP contribution in [0.3, 0.4) is 0 Å². The fourth-order valence-electron chi connectivity index (χ4n) is 2.56. The minimum absolute atomic E-state index is 0.0815. The fraction of sp³-hybridized carbons (Fsp3) is 0.136. The van der Waals surface area contributed by atoms with E-state index in [0.29, 0.717) is 29.2 Å². The van der Waals surface area contributed by atoms with Crippen LogP contribution in [0.25, 0.3) is 0 Å². The van der Waals surface area contributed by atoms with Gasteiger partial charge in [-0.25, -0.2) is 9.82 Å². The number of aromatic nitrogens is 1. The van der Waals surface area contributed by atoms with Gasteiger partial charge in [0.1, 0.15) is 12.4 Å². The zero-order valence-corrected chi connectivity index (χ0v) is 18.3. The van der Waals surface area contributed by atoms with Crippen molar-refractivity contribution in [1.82, 2.24) is 10.4 Å². The Labute approximate surface area is 187 Å². The average Bonchev–Trinajstić information content (AvgIpc) is 2.75. The first-order chi connectivity index (χ1) is 14.6. The smallest absolute Gasteiger partial charge is 0.271 e. The van der Waals surface area contributed by atoms with Crippen molar-refractivity contribution in [3.05, 3.63) is 87.0 Å². The predicted molar refractivity (Wildman–Crippen MR) is 120 cm³/mol. The molecule has 0 saturated carbocycles. The number of hydrazone groups is 1. The molecule has 2 aromatic carbocycles. The van der Waals surface area contributed by atoms with Crippen molar-refractivity contribution >= 4 is 34.7 Å². The van der Waals surface area contributed by atoms with E-state index in [2.05, 4.69) is 38.1 Å². The summed E-state index contributed by atoms with van der Waals surface area (Å²) in [6, 6.07) is 13.3. The van der Waals surface area contributed by atoms with Crippen LogP contribution < -0.4 is 14.9 Å². The molecule has 6 nitrogen and oxygen atoms in total. The van der Waals surface area contributed by atoms with Gasteiger partial charge in [0.2, 0.25) is 0 Å². The Kier molecular flexibility index (Phi) is 7.72. The van der Waals surface area contributed by atoms with Gasteiger partial charge in [-0.2, -0.15) is 5.10 Å². The Hall–Kier alpha value is -3.01. The van der Waals surface area contributed by atoms with Crippen LogP contribution in [-0.2, 0) is 6.61 Å². The quantitative estimate of drug-likeness (QED) is 0.269. The molecule has 0 spiro atoms. The highest BCUT2D eigenvalue weighted by atomic mass is 127. The second-order valence-corrected chi connectivity index (χ2v) is 7.24. The van der Waals surface area contributed by atoms with Crippen LogP contribution in [-0.4, -0.2) is 23.7 Å². The molecule has 0 saturated heterocycles. The summed E-state index contributed by atoms with van der Waals surface area (Å²) in [5, 5.41) is 4.00. The topological polar surface area (TPSA) is 72.8 Å². The lowest BCUT2D eigenvalue weighted by Crippen LogP contribution is -2.17. The number of pyridine rings is 1. The summed E-state index contributed by atoms with van der Waals surface area (Å²) >= 11 is 2.12. The number of ether oxygens (including phenoxy) is 2. The van der Waals surface area contributed by atoms with Gasteiger partial charge in [0.25, 0.3) is 5.91 Å². The number of rotatable bonds is 8. The molecule has 1 N–H and O–H groups in total. The van der Waals surface area contributed by atoms with Gasteiger partial charge in [-0.05, 0) is 65.4 Å². The maximum absolute atomic E-state index is 13.9. The Bertz CT molecular complexity index is 1050. The maximum atomic E-state index is 13.9. The molecule has 1 heterocycles. The van der Waals surface area contributed by atoms with E-state index in [9.17, 15) is 9.18 Å². The van der Waals surface area contributed by atoms with E-state index in [1.54, 1.807) is 36.4 Å². The van der Waals surface area contributed by atoms with Crippen molar-refractivity contribution in [3.8, 4) is 11.5 Å². The van der Waals surface area contributed by atoms with Gasteiger partial charge in [-0.1, -0.05) is 18.2 Å². The van der Waals surface area contributed by atoms with Crippen LogP contribution in [0.2, 0.25) is 0 Å². The minimum Gasteiger partial charge on any atom is -0.490 e. The Morgan fingerprint density at radius 1 is 1.20 bits per heavy atom. The highest BCUT2D eigenvalue weighted by molar-refractivity contribution is 14.1. The second kappa shape index (κ2) is 10.7. The van der Waals surface area contributed by atoms with Crippen LogP contribution in [0.15, 0.2) is 66.0 Å². The molecule has 0 unspecified atom stereocenters. The van der Waals surface area contributed by atoms with Crippen molar-refractivity contribution in [2.24, 2.45) is 5.10 Å². The lowest BCUT2D eigenvalue weighted by Gasteiger charge is -2.15. The van der Waals surface area contributed by atoms with Gasteiger partial charge in [0.05, 0.1) is 16.4 Å². The lowest BCUT2D eigenvalue weighted by molar-refractivity contribution is 0.0955. The third kappa shape index (κ3) is 5.76. The number of hydrogen-bond donors (Lipinski definition) is 1. The molecular formula is C22H19FIN3O3. The molecule has 0 radical (unpaired) electrons. The van der Waals surface area contributed by atoms with Crippen LogP contribution in [0.4, 0.5) is 4.39 Å². The SMILES string of the molecule is CCOc1cc(/C=N\NC(=O)c2ccncc2)cc(I)c1OCc1ccccc1F. The summed E-state index contributed by atoms with van der Waals surface area (Å²) in [5.74, 6) is 0.388. The predicted octanol–water partition coefficient (Wildman–Crippen LogP) is 4.57. The van der Waals surface area contributed by atoms with Crippen LogP contribution in [0, 0.1) is 9.39 Å². The third-order valence-corrected chi connectivity index (χ3v) is 4.79. The van der Waals surface area contributed by atoms with Gasteiger partial charge in [0.15, 0.2) is 11.5 Å². The van der Waals surface area contributed by atoms with E-state index in [1.807, 2.05) is 13.0 Å². The molecule has 8 heteroatoms. The van der Waals surface area contributed by atoms with Crippen LogP contribution in [0.1, 0.15) is 28.4 Å². The van der Waals surface area contributed by atoms with Gasteiger partial charge in [0, 0.05) is 23.5 Å². The number of nitrogens with one attached hydrogen (secondary N) is 1. The van der Waals surface area contributed by atoms with Gasteiger partial charge in [-0.3, -0.25) is 9.78 Å². The molecule has 1 amide bonds. The van der Waals surface area contributed by atoms with Crippen molar-refractivity contribution in [2.45, 2.75) is 13.5 Å². The summed E-state index contributed by atoms with van der Waals surface area (Å²) < 4.78 is 26.2. The minimum atomic E-state index is -0.335. The van der Waals surface area contributed by atoms with Crippen molar-refractivity contribution in [1.29, 1.82) is 0 Å². The number of carbonyl (C=O) groups excluding carboxylic acids is 1. The monoisotopic (exact) mass is 519 g/mol. The molecule has 0 aliphatic carbocycles. The van der Waals surface area contributed by atoms with E-state index in [4.69, 9.17) is 9.47 Å². The summed E-state index contributed by atoms with van der Waals surface area (Å²) in [4.78, 5) is 15.9. The summed E-state index contributed by atoms with van der Waals surface area (Å²) in [7, 11) is 0. The zero-order chi connectivity index (χ0) is 21.3. The number of carbonyl (C=O) groups is 1. The van der Waals surface area contributed by atoms with E-state index >= 15 is 0 Å². The number of nitrogens with zero attached hydrogens (tertiary/aromatic N) is 2. The lowest BCUT2D eigenvalue weighted by atomic mass is 10.2. The number of benzene rings is 2. The average molecular weight is 519 g/mol. The van der Waals surface area contributed by atoms with Crippen molar-refractivity contribution in [3.63, 3.8) is 0 Å². The molecule has 0 aliphatic rings. The standard InChI is InChI=1S/C22H19FIN3O3/c1-2-29-20-12-15(13-26-27-22(28)16-7-9-25-10-8-16)11-19(24)21(20)30-14-17-5-3-4-6-18(17)23/h3-13H,2,14H2,1H3,(H,27,28)/b26-13-. The largest absolute Gasteiger partial charge is 0.490 e. The molecule has 3 aromatic rings. The summed E-state index contributed by atoms with van der Waals surface area (Å²) in [6.45, 7) is 2.38. The second-order valence-electron chi connectivity index (χ2n) is 6.08. The zero-order valence-electron chi connectivity index (χ0n) is 16.1. The normalized spacial score (nSPS) is 10.8. The van der Waals surface area contributed by atoms with E-state index in [1.165, 1.54) is 24.7 Å². The molecule has 3 rings (SSSR count). The first-order valence-electron chi connectivity index (χ1n) is 9.14. The summed E-state index contributed by atoms with van der Waals surface area (Å²) in [6.07, 6.45) is 4.59. The van der Waals surface area contributed by atoms with Crippen molar-refractivity contribution < 1.29 is 18.7 Å². The molecule has 0 aliphatic heterocycles. The maximum Gasteiger partial charge on any atom is 0.271 e. The highest BCUT2D eigenvalue weighted by Gasteiger charge is 2.13. The highest BCUT2D eigenvalue weighted by Crippen LogP contribution is 2.34. The molecular weight excluding hydrogens is 500 g/mol. The first-order valence-corrected chi connectivity index (χ1v) is 10.2. The van der Waals surface area contributed by atoms with Gasteiger partial charge < -0.3 is 9.47 Å². The van der Waals surface area contributed by atoms with Crippen LogP contribution >= 0.6 is 22.6 Å². The molecule has 1 aromatic heterocycles. The number of hydrogen-bond acceptors (Lipinski definition) is 5. The van der Waals surface area contributed by atoms with E-state index < -0.39 is 0 Å². The van der Waals surface area contributed by atoms with E-state index in [0.717, 1.165) is 9.13 Å². The molecule has 0 atom stereocenters. The Morgan fingerprint density at radius 2 is 1.97 bits per heavy atom. The molecule has 154 valence electrons.